The first-order chi connectivity index (χ1) is 15.2. The third kappa shape index (κ3) is 17.1. The van der Waals surface area contributed by atoms with Gasteiger partial charge >= 0.3 is 17.9 Å². The molecule has 1 aliphatic heterocycles. The lowest BCUT2D eigenvalue weighted by atomic mass is 10.2. The maximum atomic E-state index is 11.0. The van der Waals surface area contributed by atoms with Crippen molar-refractivity contribution in [3.05, 3.63) is 72.4 Å². The summed E-state index contributed by atoms with van der Waals surface area (Å²) in [6.45, 7) is 22.2. The molecule has 0 spiro atoms. The molecule has 2 rings (SSSR count). The van der Waals surface area contributed by atoms with E-state index in [1.54, 1.807) is 20.8 Å². The molecule has 1 saturated heterocycles. The topological polar surface area (TPSA) is 91.4 Å². The van der Waals surface area contributed by atoms with Gasteiger partial charge in [0.25, 0.3) is 0 Å². The van der Waals surface area contributed by atoms with Crippen molar-refractivity contribution in [2.75, 3.05) is 13.2 Å². The van der Waals surface area contributed by atoms with E-state index in [9.17, 15) is 14.4 Å². The van der Waals surface area contributed by atoms with Gasteiger partial charge in [-0.25, -0.2) is 14.4 Å². The summed E-state index contributed by atoms with van der Waals surface area (Å²) in [6, 6.07) is 9.55. The number of ether oxygens (including phenoxy) is 4. The van der Waals surface area contributed by atoms with Gasteiger partial charge in [0, 0.05) is 16.7 Å². The average molecular weight is 461 g/mol. The van der Waals surface area contributed by atoms with Crippen LogP contribution in [-0.2, 0) is 39.9 Å². The van der Waals surface area contributed by atoms with Crippen LogP contribution in [0.25, 0.3) is 0 Å². The third-order valence-electron chi connectivity index (χ3n) is 3.46. The minimum absolute atomic E-state index is 0.142. The standard InChI is InChI=1S/C11H12O2.C8H14O2.C7H10O3/c1-9(2)11(12)13-8-10-6-4-3-5-7-10;1-6(2)7(9)10-8(3,4)5;1-5(2)7(8)10-4-6-3-9-6/h3-7H,1,8H2,2H3;1H2,2-5H3;6H,1,3-4H2,2H3. The van der Waals surface area contributed by atoms with Gasteiger partial charge in [0.15, 0.2) is 0 Å². The van der Waals surface area contributed by atoms with E-state index in [1.807, 2.05) is 51.1 Å². The number of carbonyl (C=O) groups excluding carboxylic acids is 3. The van der Waals surface area contributed by atoms with Crippen LogP contribution in [0.5, 0.6) is 0 Å². The van der Waals surface area contributed by atoms with Crippen molar-refractivity contribution in [3.8, 4) is 0 Å². The van der Waals surface area contributed by atoms with Crippen LogP contribution >= 0.6 is 0 Å². The summed E-state index contributed by atoms with van der Waals surface area (Å²) in [4.78, 5) is 32.5. The molecule has 0 radical (unpaired) electrons. The van der Waals surface area contributed by atoms with Crippen LogP contribution in [-0.4, -0.2) is 42.8 Å². The fourth-order valence-corrected chi connectivity index (χ4v) is 1.67. The molecule has 0 aliphatic carbocycles. The first kappa shape index (κ1) is 29.8. The zero-order valence-electron chi connectivity index (χ0n) is 20.6. The zero-order valence-corrected chi connectivity index (χ0v) is 20.6. The van der Waals surface area contributed by atoms with Crippen molar-refractivity contribution in [1.29, 1.82) is 0 Å². The van der Waals surface area contributed by atoms with Gasteiger partial charge in [-0.1, -0.05) is 50.1 Å². The van der Waals surface area contributed by atoms with Crippen LogP contribution < -0.4 is 0 Å². The van der Waals surface area contributed by atoms with E-state index in [-0.39, 0.29) is 24.0 Å². The molecule has 1 fully saturated rings. The molecule has 33 heavy (non-hydrogen) atoms. The van der Waals surface area contributed by atoms with E-state index in [1.165, 1.54) is 0 Å². The summed E-state index contributed by atoms with van der Waals surface area (Å²) < 4.78 is 19.5. The second-order valence-electron chi connectivity index (χ2n) is 8.46. The quantitative estimate of drug-likeness (QED) is 0.252. The smallest absolute Gasteiger partial charge is 0.333 e. The number of hydrogen-bond acceptors (Lipinski definition) is 7. The van der Waals surface area contributed by atoms with Crippen LogP contribution in [0.3, 0.4) is 0 Å². The minimum atomic E-state index is -0.407. The minimum Gasteiger partial charge on any atom is -0.459 e. The van der Waals surface area contributed by atoms with E-state index in [0.717, 1.165) is 5.56 Å². The van der Waals surface area contributed by atoms with Crippen LogP contribution in [0.4, 0.5) is 0 Å². The summed E-state index contributed by atoms with van der Waals surface area (Å²) in [5.74, 6) is -1.01. The number of hydrogen-bond donors (Lipinski definition) is 0. The Labute approximate surface area is 197 Å². The van der Waals surface area contributed by atoms with Gasteiger partial charge in [-0.2, -0.15) is 0 Å². The Hall–Kier alpha value is -3.19. The molecule has 0 amide bonds. The molecule has 0 bridgehead atoms. The van der Waals surface area contributed by atoms with Crippen molar-refractivity contribution in [3.63, 3.8) is 0 Å². The van der Waals surface area contributed by atoms with Crippen molar-refractivity contribution in [2.24, 2.45) is 0 Å². The summed E-state index contributed by atoms with van der Waals surface area (Å²) in [5.41, 5.74) is 1.87. The van der Waals surface area contributed by atoms with Crippen LogP contribution in [0.15, 0.2) is 66.8 Å². The predicted molar refractivity (Wildman–Crippen MR) is 127 cm³/mol. The molecule has 0 aromatic heterocycles. The van der Waals surface area contributed by atoms with Crippen molar-refractivity contribution in [2.45, 2.75) is 59.9 Å². The normalized spacial score (nSPS) is 13.6. The van der Waals surface area contributed by atoms with Gasteiger partial charge in [0.05, 0.1) is 6.61 Å². The molecule has 7 heteroatoms. The van der Waals surface area contributed by atoms with Crippen LogP contribution in [0.2, 0.25) is 0 Å². The Bertz CT molecular complexity index is 828. The maximum Gasteiger partial charge on any atom is 0.333 e. The van der Waals surface area contributed by atoms with Gasteiger partial charge in [0.2, 0.25) is 0 Å². The lowest BCUT2D eigenvalue weighted by Crippen LogP contribution is -2.23. The van der Waals surface area contributed by atoms with Gasteiger partial charge in [-0.15, -0.1) is 0 Å². The Morgan fingerprint density at radius 3 is 1.70 bits per heavy atom. The number of esters is 3. The number of benzene rings is 1. The van der Waals surface area contributed by atoms with Gasteiger partial charge in [-0.3, -0.25) is 0 Å². The van der Waals surface area contributed by atoms with Gasteiger partial charge in [-0.05, 0) is 47.1 Å². The predicted octanol–water partition coefficient (Wildman–Crippen LogP) is 4.71. The third-order valence-corrected chi connectivity index (χ3v) is 3.46. The lowest BCUT2D eigenvalue weighted by Gasteiger charge is -2.19. The summed E-state index contributed by atoms with van der Waals surface area (Å²) in [5, 5.41) is 0. The molecule has 1 unspecified atom stereocenters. The van der Waals surface area contributed by atoms with E-state index in [0.29, 0.717) is 36.5 Å². The van der Waals surface area contributed by atoms with Crippen molar-refractivity contribution in [1.82, 2.24) is 0 Å². The largest absolute Gasteiger partial charge is 0.459 e. The van der Waals surface area contributed by atoms with Crippen LogP contribution in [0, 0.1) is 0 Å². The molecule has 1 aliphatic rings. The molecule has 1 atom stereocenters. The highest BCUT2D eigenvalue weighted by Crippen LogP contribution is 2.10. The molecule has 1 heterocycles. The Balaban J connectivity index is 0.000000472. The number of rotatable bonds is 7. The molecule has 0 saturated carbocycles. The highest BCUT2D eigenvalue weighted by atomic mass is 16.6. The van der Waals surface area contributed by atoms with E-state index in [4.69, 9.17) is 18.9 Å². The Morgan fingerprint density at radius 2 is 1.33 bits per heavy atom. The lowest BCUT2D eigenvalue weighted by molar-refractivity contribution is -0.149. The molecule has 1 aromatic rings. The van der Waals surface area contributed by atoms with Crippen molar-refractivity contribution >= 4 is 17.9 Å². The summed E-state index contributed by atoms with van der Waals surface area (Å²) in [6.07, 6.45) is 0.142. The molecule has 182 valence electrons. The number of epoxide rings is 1. The highest BCUT2D eigenvalue weighted by Gasteiger charge is 2.24. The summed E-state index contributed by atoms with van der Waals surface area (Å²) in [7, 11) is 0. The zero-order chi connectivity index (χ0) is 25.6. The van der Waals surface area contributed by atoms with Crippen molar-refractivity contribution < 1.29 is 33.3 Å². The Kier molecular flexibility index (Phi) is 13.4. The summed E-state index contributed by atoms with van der Waals surface area (Å²) >= 11 is 0. The first-order valence-corrected chi connectivity index (χ1v) is 10.4. The second kappa shape index (κ2) is 14.8. The van der Waals surface area contributed by atoms with Crippen LogP contribution in [0.1, 0.15) is 47.1 Å². The Morgan fingerprint density at radius 1 is 0.879 bits per heavy atom. The molecular weight excluding hydrogens is 424 g/mol. The fourth-order valence-electron chi connectivity index (χ4n) is 1.67. The van der Waals surface area contributed by atoms with Gasteiger partial charge < -0.3 is 18.9 Å². The SMILES string of the molecule is C=C(C)C(=O)OC(C)(C)C.C=C(C)C(=O)OCC1CO1.C=C(C)C(=O)OCc1ccccc1. The molecule has 1 aromatic carbocycles. The maximum absolute atomic E-state index is 11.0. The molecular formula is C26H36O7. The monoisotopic (exact) mass is 460 g/mol. The fraction of sp³-hybridized carbons (Fsp3) is 0.423. The molecule has 7 nitrogen and oxygen atoms in total. The van der Waals surface area contributed by atoms with E-state index < -0.39 is 5.60 Å². The first-order valence-electron chi connectivity index (χ1n) is 10.4. The average Bonchev–Trinajstić information content (AvgIpc) is 3.55. The molecule has 0 N–H and O–H groups in total. The highest BCUT2D eigenvalue weighted by molar-refractivity contribution is 5.87. The second-order valence-corrected chi connectivity index (χ2v) is 8.46. The number of carbonyl (C=O) groups is 3. The van der Waals surface area contributed by atoms with Gasteiger partial charge in [0.1, 0.15) is 24.9 Å². The van der Waals surface area contributed by atoms with E-state index in [2.05, 4.69) is 19.7 Å². The van der Waals surface area contributed by atoms with E-state index >= 15 is 0 Å².